The molecule has 1 aromatic heterocycles. The van der Waals surface area contributed by atoms with Gasteiger partial charge in [-0.15, -0.1) is 10.2 Å². The molecule has 3 aromatic rings. The number of aryl methyl sites for hydroxylation is 1. The maximum atomic E-state index is 12.7. The van der Waals surface area contributed by atoms with Crippen LogP contribution >= 0.6 is 18.8 Å². The second-order valence-corrected chi connectivity index (χ2v) is 9.51. The third-order valence-electron chi connectivity index (χ3n) is 3.94. The van der Waals surface area contributed by atoms with E-state index in [-0.39, 0.29) is 5.56 Å². The van der Waals surface area contributed by atoms with Gasteiger partial charge in [0.25, 0.3) is 5.56 Å². The monoisotopic (exact) mass is 370 g/mol. The summed E-state index contributed by atoms with van der Waals surface area (Å²) >= 11 is 1.36. The van der Waals surface area contributed by atoms with Crippen molar-refractivity contribution in [1.29, 1.82) is 0 Å². The van der Waals surface area contributed by atoms with Crippen LogP contribution in [0.5, 0.6) is 0 Å². The van der Waals surface area contributed by atoms with E-state index in [2.05, 4.69) is 41.1 Å². The summed E-state index contributed by atoms with van der Waals surface area (Å²) in [5, 5.41) is 10.8. The molecule has 0 aliphatic carbocycles. The molecule has 7 heteroatoms. The second kappa shape index (κ2) is 7.38. The van der Waals surface area contributed by atoms with E-state index in [9.17, 15) is 4.79 Å². The molecule has 128 valence electrons. The number of thioether (sulfide) groups is 1. The molecule has 0 atom stereocenters. The zero-order valence-corrected chi connectivity index (χ0v) is 16.0. The summed E-state index contributed by atoms with van der Waals surface area (Å²) in [5.41, 5.74) is 0.117. The van der Waals surface area contributed by atoms with Gasteiger partial charge in [-0.3, -0.25) is 4.79 Å². The summed E-state index contributed by atoms with van der Waals surface area (Å²) in [4.78, 5) is 17.6. The SMILES string of the molecule is CSc1nnc(C)c(=O)n1N=P(C)(c1ccccc1)c1ccccc1. The average molecular weight is 370 g/mol. The molecule has 25 heavy (non-hydrogen) atoms. The van der Waals surface area contributed by atoms with Gasteiger partial charge in [0.15, 0.2) is 0 Å². The highest BCUT2D eigenvalue weighted by molar-refractivity contribution is 7.98. The van der Waals surface area contributed by atoms with Crippen LogP contribution in [0.3, 0.4) is 0 Å². The molecule has 0 fully saturated rings. The minimum Gasteiger partial charge on any atom is -0.265 e. The number of benzene rings is 2. The third-order valence-corrected chi connectivity index (χ3v) is 7.70. The summed E-state index contributed by atoms with van der Waals surface area (Å²) < 4.78 is 1.42. The molecule has 0 unspecified atom stereocenters. The maximum absolute atomic E-state index is 12.7. The zero-order valence-electron chi connectivity index (χ0n) is 14.3. The molecule has 0 saturated carbocycles. The summed E-state index contributed by atoms with van der Waals surface area (Å²) in [6.07, 6.45) is 1.87. The topological polar surface area (TPSA) is 60.1 Å². The number of rotatable bonds is 4. The predicted molar refractivity (Wildman–Crippen MR) is 106 cm³/mol. The van der Waals surface area contributed by atoms with Gasteiger partial charge in [-0.05, 0) is 30.5 Å². The molecule has 1 heterocycles. The van der Waals surface area contributed by atoms with Crippen LogP contribution in [0.25, 0.3) is 0 Å². The maximum Gasteiger partial charge on any atom is 0.296 e. The van der Waals surface area contributed by atoms with Crippen molar-refractivity contribution in [2.24, 2.45) is 4.85 Å². The number of aromatic nitrogens is 3. The molecule has 0 aliphatic heterocycles. The van der Waals surface area contributed by atoms with Gasteiger partial charge in [-0.25, -0.2) is 0 Å². The van der Waals surface area contributed by atoms with Crippen molar-refractivity contribution in [2.75, 3.05) is 12.9 Å². The Hall–Kier alpha value is -2.17. The van der Waals surface area contributed by atoms with Gasteiger partial charge in [-0.1, -0.05) is 72.4 Å². The molecule has 0 radical (unpaired) electrons. The van der Waals surface area contributed by atoms with Crippen molar-refractivity contribution in [2.45, 2.75) is 12.1 Å². The molecular formula is C18H19N4OPS. The Morgan fingerprint density at radius 3 is 1.96 bits per heavy atom. The van der Waals surface area contributed by atoms with E-state index in [1.54, 1.807) is 6.92 Å². The molecule has 0 aliphatic rings. The third kappa shape index (κ3) is 3.46. The van der Waals surface area contributed by atoms with Crippen molar-refractivity contribution in [3.63, 3.8) is 0 Å². The first kappa shape index (κ1) is 17.6. The van der Waals surface area contributed by atoms with Gasteiger partial charge in [0.05, 0.1) is 7.05 Å². The fourth-order valence-corrected chi connectivity index (χ4v) is 5.53. The van der Waals surface area contributed by atoms with Gasteiger partial charge in [0.2, 0.25) is 5.16 Å². The van der Waals surface area contributed by atoms with Crippen molar-refractivity contribution in [1.82, 2.24) is 14.9 Å². The standard InChI is InChI=1S/C18H19N4OPS/c1-14-17(23)22(18(25-3)20-19-14)21-24(2,15-10-6-4-7-11-15)16-12-8-5-9-13-16/h4-13H,1-3H3. The second-order valence-electron chi connectivity index (χ2n) is 5.61. The van der Waals surface area contributed by atoms with Crippen LogP contribution in [-0.4, -0.2) is 27.8 Å². The zero-order chi connectivity index (χ0) is 17.9. The lowest BCUT2D eigenvalue weighted by atomic mass is 10.4. The van der Waals surface area contributed by atoms with E-state index in [1.165, 1.54) is 16.4 Å². The van der Waals surface area contributed by atoms with Crippen LogP contribution in [-0.2, 0) is 0 Å². The molecule has 0 N–H and O–H groups in total. The van der Waals surface area contributed by atoms with Gasteiger partial charge in [-0.2, -0.15) is 9.53 Å². The summed E-state index contributed by atoms with van der Waals surface area (Å²) in [6, 6.07) is 20.2. The van der Waals surface area contributed by atoms with Crippen LogP contribution in [0.2, 0.25) is 0 Å². The lowest BCUT2D eigenvalue weighted by Gasteiger charge is -2.21. The van der Waals surface area contributed by atoms with E-state index in [1.807, 2.05) is 42.7 Å². The lowest BCUT2D eigenvalue weighted by Crippen LogP contribution is -2.25. The predicted octanol–water partition coefficient (Wildman–Crippen LogP) is 2.91. The minimum atomic E-state index is -2.18. The quantitative estimate of drug-likeness (QED) is 0.523. The molecule has 3 rings (SSSR count). The summed E-state index contributed by atoms with van der Waals surface area (Å²) in [7, 11) is -2.18. The van der Waals surface area contributed by atoms with Crippen molar-refractivity contribution >= 4 is 29.4 Å². The Bertz CT molecular complexity index is 943. The highest BCUT2D eigenvalue weighted by atomic mass is 32.2. The molecule has 0 bridgehead atoms. The van der Waals surface area contributed by atoms with Crippen LogP contribution in [0.15, 0.2) is 75.5 Å². The van der Waals surface area contributed by atoms with E-state index in [4.69, 9.17) is 4.85 Å². The smallest absolute Gasteiger partial charge is 0.265 e. The van der Waals surface area contributed by atoms with Gasteiger partial charge in [0.1, 0.15) is 5.69 Å². The first-order valence-electron chi connectivity index (χ1n) is 7.78. The van der Waals surface area contributed by atoms with Crippen molar-refractivity contribution in [3.8, 4) is 0 Å². The number of hydrogen-bond acceptors (Lipinski definition) is 5. The average Bonchev–Trinajstić information content (AvgIpc) is 2.67. The van der Waals surface area contributed by atoms with Gasteiger partial charge >= 0.3 is 0 Å². The fraction of sp³-hybridized carbons (Fsp3) is 0.167. The Labute approximate surface area is 151 Å². The molecule has 0 amide bonds. The van der Waals surface area contributed by atoms with Gasteiger partial charge < -0.3 is 0 Å². The van der Waals surface area contributed by atoms with Crippen LogP contribution < -0.4 is 16.2 Å². The van der Waals surface area contributed by atoms with Crippen LogP contribution in [0, 0.1) is 6.92 Å². The van der Waals surface area contributed by atoms with Crippen LogP contribution in [0.1, 0.15) is 5.69 Å². The van der Waals surface area contributed by atoms with E-state index in [0.29, 0.717) is 10.9 Å². The fourth-order valence-electron chi connectivity index (χ4n) is 2.52. The Kier molecular flexibility index (Phi) is 5.21. The van der Waals surface area contributed by atoms with Crippen molar-refractivity contribution < 1.29 is 0 Å². The van der Waals surface area contributed by atoms with E-state index < -0.39 is 7.05 Å². The minimum absolute atomic E-state index is 0.225. The molecule has 2 aromatic carbocycles. The highest BCUT2D eigenvalue weighted by Crippen LogP contribution is 2.43. The Morgan fingerprint density at radius 2 is 1.48 bits per heavy atom. The summed E-state index contributed by atoms with van der Waals surface area (Å²) in [5.74, 6) is 0. The number of nitrogens with zero attached hydrogens (tertiary/aromatic N) is 4. The summed E-state index contributed by atoms with van der Waals surface area (Å²) in [6.45, 7) is 3.77. The first-order valence-corrected chi connectivity index (χ1v) is 11.2. The Morgan fingerprint density at radius 1 is 0.960 bits per heavy atom. The molecule has 0 spiro atoms. The highest BCUT2D eigenvalue weighted by Gasteiger charge is 2.21. The lowest BCUT2D eigenvalue weighted by molar-refractivity contribution is 0.639. The van der Waals surface area contributed by atoms with E-state index >= 15 is 0 Å². The largest absolute Gasteiger partial charge is 0.296 e. The number of hydrogen-bond donors (Lipinski definition) is 0. The molecular weight excluding hydrogens is 351 g/mol. The molecule has 0 saturated heterocycles. The molecule has 5 nitrogen and oxygen atoms in total. The Balaban J connectivity index is 2.37. The first-order chi connectivity index (χ1) is 12.1. The van der Waals surface area contributed by atoms with E-state index in [0.717, 1.165) is 10.6 Å². The van der Waals surface area contributed by atoms with Crippen molar-refractivity contribution in [3.05, 3.63) is 76.7 Å². The normalized spacial score (nSPS) is 11.3. The van der Waals surface area contributed by atoms with Gasteiger partial charge in [0, 0.05) is 0 Å². The van der Waals surface area contributed by atoms with Crippen LogP contribution in [0.4, 0.5) is 0 Å².